The van der Waals surface area contributed by atoms with E-state index in [1.165, 1.54) is 5.56 Å². The van der Waals surface area contributed by atoms with Crippen molar-refractivity contribution in [2.24, 2.45) is 5.41 Å². The zero-order valence-electron chi connectivity index (χ0n) is 22.1. The molecular weight excluding hydrogens is 438 g/mol. The van der Waals surface area contributed by atoms with Crippen LogP contribution < -0.4 is 10.2 Å². The molecular formula is C29H41N3O3. The Balaban J connectivity index is 1.71. The van der Waals surface area contributed by atoms with Crippen LogP contribution in [-0.4, -0.2) is 61.0 Å². The molecule has 6 heteroatoms. The second-order valence-electron chi connectivity index (χ2n) is 11.7. The number of amides is 1. The molecule has 2 fully saturated rings. The van der Waals surface area contributed by atoms with Crippen LogP contribution in [0.2, 0.25) is 0 Å². The lowest BCUT2D eigenvalue weighted by Crippen LogP contribution is -2.66. The molecule has 4 rings (SSSR count). The second-order valence-corrected chi connectivity index (χ2v) is 11.7. The SMILES string of the molecule is CC(C)c1ccc([C@](O)(c2cccc(N3CCNCC3)c2)C2(C)CN(C(=O)OC(C)(C)C)C2)cc1. The molecule has 0 bridgehead atoms. The number of carbonyl (C=O) groups is 1. The van der Waals surface area contributed by atoms with Crippen molar-refractivity contribution < 1.29 is 14.6 Å². The number of aliphatic hydroxyl groups is 1. The van der Waals surface area contributed by atoms with Crippen LogP contribution >= 0.6 is 0 Å². The smallest absolute Gasteiger partial charge is 0.410 e. The van der Waals surface area contributed by atoms with E-state index >= 15 is 0 Å². The van der Waals surface area contributed by atoms with E-state index in [9.17, 15) is 9.90 Å². The van der Waals surface area contributed by atoms with Crippen molar-refractivity contribution >= 4 is 11.8 Å². The summed E-state index contributed by atoms with van der Waals surface area (Å²) < 4.78 is 5.59. The van der Waals surface area contributed by atoms with Gasteiger partial charge in [0.05, 0.1) is 0 Å². The van der Waals surface area contributed by atoms with E-state index < -0.39 is 16.6 Å². The molecule has 2 aliphatic rings. The molecule has 0 unspecified atom stereocenters. The average Bonchev–Trinajstić information content (AvgIpc) is 2.81. The number of nitrogens with zero attached hydrogens (tertiary/aromatic N) is 2. The maximum Gasteiger partial charge on any atom is 0.410 e. The Morgan fingerprint density at radius 3 is 2.23 bits per heavy atom. The Hall–Kier alpha value is -2.57. The fourth-order valence-electron chi connectivity index (χ4n) is 5.30. The van der Waals surface area contributed by atoms with Gasteiger partial charge in [-0.05, 0) is 55.5 Å². The number of hydrogen-bond donors (Lipinski definition) is 2. The van der Waals surface area contributed by atoms with Gasteiger partial charge in [-0.2, -0.15) is 0 Å². The van der Waals surface area contributed by atoms with Crippen LogP contribution in [0.3, 0.4) is 0 Å². The Bertz CT molecular complexity index is 1030. The first-order valence-corrected chi connectivity index (χ1v) is 12.8. The van der Waals surface area contributed by atoms with Crippen molar-refractivity contribution in [2.75, 3.05) is 44.2 Å². The Kier molecular flexibility index (Phi) is 6.91. The highest BCUT2D eigenvalue weighted by molar-refractivity contribution is 5.70. The molecule has 0 saturated carbocycles. The molecule has 2 aromatic rings. The summed E-state index contributed by atoms with van der Waals surface area (Å²) in [7, 11) is 0. The first kappa shape index (κ1) is 25.5. The summed E-state index contributed by atoms with van der Waals surface area (Å²) in [4.78, 5) is 16.8. The molecule has 0 aliphatic carbocycles. The summed E-state index contributed by atoms with van der Waals surface area (Å²) in [5.74, 6) is 0.412. The quantitative estimate of drug-likeness (QED) is 0.650. The van der Waals surface area contributed by atoms with Crippen molar-refractivity contribution in [1.82, 2.24) is 10.2 Å². The molecule has 2 heterocycles. The standard InChI is InChI=1S/C29H41N3O3/c1-21(2)22-10-12-23(13-11-22)29(34,28(6)19-32(20-28)26(33)35-27(3,4)5)24-8-7-9-25(18-24)31-16-14-30-15-17-31/h7-13,18,21,30,34H,14-17,19-20H2,1-6H3/t29-/m0/s1. The molecule has 0 aromatic heterocycles. The number of ether oxygens (including phenoxy) is 1. The van der Waals surface area contributed by atoms with Crippen molar-refractivity contribution in [3.63, 3.8) is 0 Å². The third-order valence-electron chi connectivity index (χ3n) is 7.35. The maximum atomic E-state index is 12.7. The minimum absolute atomic E-state index is 0.331. The third kappa shape index (κ3) is 5.05. The van der Waals surface area contributed by atoms with Crippen LogP contribution in [0, 0.1) is 5.41 Å². The first-order chi connectivity index (χ1) is 16.4. The highest BCUT2D eigenvalue weighted by Gasteiger charge is 2.58. The van der Waals surface area contributed by atoms with Crippen LogP contribution in [0.5, 0.6) is 0 Å². The van der Waals surface area contributed by atoms with Crippen LogP contribution in [0.25, 0.3) is 0 Å². The molecule has 0 spiro atoms. The van der Waals surface area contributed by atoms with Crippen molar-refractivity contribution in [1.29, 1.82) is 0 Å². The summed E-state index contributed by atoms with van der Waals surface area (Å²) in [6, 6.07) is 16.6. The van der Waals surface area contributed by atoms with Gasteiger partial charge in [-0.25, -0.2) is 4.79 Å². The zero-order chi connectivity index (χ0) is 25.4. The zero-order valence-corrected chi connectivity index (χ0v) is 22.1. The maximum absolute atomic E-state index is 12.7. The van der Waals surface area contributed by atoms with E-state index in [2.05, 4.69) is 55.3 Å². The van der Waals surface area contributed by atoms with E-state index in [-0.39, 0.29) is 6.09 Å². The number of piperazine rings is 1. The molecule has 2 saturated heterocycles. The van der Waals surface area contributed by atoms with Crippen molar-refractivity contribution in [3.05, 3.63) is 65.2 Å². The Labute approximate surface area is 210 Å². The number of anilines is 1. The number of rotatable bonds is 5. The average molecular weight is 480 g/mol. The van der Waals surface area contributed by atoms with E-state index in [1.807, 2.05) is 45.0 Å². The minimum Gasteiger partial charge on any atom is -0.444 e. The number of benzene rings is 2. The van der Waals surface area contributed by atoms with Gasteiger partial charge < -0.3 is 25.0 Å². The molecule has 190 valence electrons. The lowest BCUT2D eigenvalue weighted by molar-refractivity contribution is -0.131. The second kappa shape index (κ2) is 9.47. The molecule has 1 amide bonds. The van der Waals surface area contributed by atoms with Crippen LogP contribution in [0.4, 0.5) is 10.5 Å². The summed E-state index contributed by atoms with van der Waals surface area (Å²) in [6.45, 7) is 16.7. The Morgan fingerprint density at radius 2 is 1.66 bits per heavy atom. The van der Waals surface area contributed by atoms with Crippen molar-refractivity contribution in [2.45, 2.75) is 58.7 Å². The van der Waals surface area contributed by atoms with Gasteiger partial charge >= 0.3 is 6.09 Å². The number of hydrogen-bond acceptors (Lipinski definition) is 5. The van der Waals surface area contributed by atoms with Gasteiger partial charge in [-0.15, -0.1) is 0 Å². The summed E-state index contributed by atoms with van der Waals surface area (Å²) in [5, 5.41) is 16.0. The predicted octanol–water partition coefficient (Wildman–Crippen LogP) is 4.71. The van der Waals surface area contributed by atoms with Crippen LogP contribution in [-0.2, 0) is 10.3 Å². The highest BCUT2D eigenvalue weighted by atomic mass is 16.6. The van der Waals surface area contributed by atoms with E-state index in [1.54, 1.807) is 4.90 Å². The lowest BCUT2D eigenvalue weighted by Gasteiger charge is -2.56. The van der Waals surface area contributed by atoms with Gasteiger partial charge in [0.15, 0.2) is 0 Å². The molecule has 35 heavy (non-hydrogen) atoms. The van der Waals surface area contributed by atoms with Crippen molar-refractivity contribution in [3.8, 4) is 0 Å². The van der Waals surface area contributed by atoms with E-state index in [0.29, 0.717) is 19.0 Å². The summed E-state index contributed by atoms with van der Waals surface area (Å²) >= 11 is 0. The topological polar surface area (TPSA) is 65.0 Å². The molecule has 2 aliphatic heterocycles. The summed E-state index contributed by atoms with van der Waals surface area (Å²) in [6.07, 6.45) is -0.331. The molecule has 0 radical (unpaired) electrons. The van der Waals surface area contributed by atoms with Crippen LogP contribution in [0.15, 0.2) is 48.5 Å². The van der Waals surface area contributed by atoms with Gasteiger partial charge in [-0.1, -0.05) is 57.2 Å². The highest BCUT2D eigenvalue weighted by Crippen LogP contribution is 2.51. The normalized spacial score (nSPS) is 19.8. The minimum atomic E-state index is -1.26. The van der Waals surface area contributed by atoms with Gasteiger partial charge in [0.1, 0.15) is 11.2 Å². The first-order valence-electron chi connectivity index (χ1n) is 12.8. The molecule has 2 aromatic carbocycles. The van der Waals surface area contributed by atoms with Gasteiger partial charge in [0.2, 0.25) is 0 Å². The van der Waals surface area contributed by atoms with E-state index in [4.69, 9.17) is 4.74 Å². The fourth-order valence-corrected chi connectivity index (χ4v) is 5.30. The van der Waals surface area contributed by atoms with Gasteiger partial charge in [0, 0.05) is 50.4 Å². The summed E-state index contributed by atoms with van der Waals surface area (Å²) in [5.41, 5.74) is 1.69. The molecule has 1 atom stereocenters. The fraction of sp³-hybridized carbons (Fsp3) is 0.552. The monoisotopic (exact) mass is 479 g/mol. The number of likely N-dealkylation sites (tertiary alicyclic amines) is 1. The van der Waals surface area contributed by atoms with Gasteiger partial charge in [-0.3, -0.25) is 0 Å². The number of carbonyl (C=O) groups excluding carboxylic acids is 1. The van der Waals surface area contributed by atoms with Crippen LogP contribution in [0.1, 0.15) is 64.2 Å². The molecule has 2 N–H and O–H groups in total. The predicted molar refractivity (Wildman–Crippen MR) is 141 cm³/mol. The Morgan fingerprint density at radius 1 is 1.03 bits per heavy atom. The number of nitrogens with one attached hydrogen (secondary N) is 1. The lowest BCUT2D eigenvalue weighted by atomic mass is 9.61. The van der Waals surface area contributed by atoms with Gasteiger partial charge in [0.25, 0.3) is 0 Å². The third-order valence-corrected chi connectivity index (χ3v) is 7.35. The van der Waals surface area contributed by atoms with E-state index in [0.717, 1.165) is 43.0 Å². The molecule has 6 nitrogen and oxygen atoms in total. The largest absolute Gasteiger partial charge is 0.444 e.